The Kier molecular flexibility index (Phi) is 16.6. The lowest BCUT2D eigenvalue weighted by Crippen LogP contribution is -2.63. The molecule has 0 bridgehead atoms. The molecule has 1 N–H and O–H groups in total. The van der Waals surface area contributed by atoms with Crippen molar-refractivity contribution in [3.63, 3.8) is 0 Å². The second kappa shape index (κ2) is 21.8. The first-order chi connectivity index (χ1) is 27.9. The summed E-state index contributed by atoms with van der Waals surface area (Å²) >= 11 is 6.01. The third-order valence-electron chi connectivity index (χ3n) is 8.89. The first-order valence-corrected chi connectivity index (χ1v) is 19.2. The number of nitrogens with zero attached hydrogens (tertiary/aromatic N) is 3. The monoisotopic (exact) mass is 834 g/mol. The highest BCUT2D eigenvalue weighted by atomic mass is 35.5. The molecule has 2 aromatic carbocycles. The number of morpholine rings is 1. The van der Waals surface area contributed by atoms with Crippen LogP contribution in [0.4, 0.5) is 15.9 Å². The van der Waals surface area contributed by atoms with Crippen molar-refractivity contribution in [3.8, 4) is 11.5 Å². The molecule has 19 heteroatoms. The van der Waals surface area contributed by atoms with Gasteiger partial charge in [-0.25, -0.2) is 14.4 Å². The Bertz CT molecular complexity index is 1880. The van der Waals surface area contributed by atoms with Crippen molar-refractivity contribution < 1.29 is 66.2 Å². The Hall–Kier alpha value is -4.88. The van der Waals surface area contributed by atoms with Gasteiger partial charge in [0.2, 0.25) is 0 Å². The predicted molar refractivity (Wildman–Crippen MR) is 204 cm³/mol. The molecule has 0 saturated carbocycles. The molecule has 1 unspecified atom stereocenters. The van der Waals surface area contributed by atoms with Crippen LogP contribution in [-0.4, -0.2) is 129 Å². The Morgan fingerprint density at radius 1 is 0.828 bits per heavy atom. The Labute approximate surface area is 339 Å². The summed E-state index contributed by atoms with van der Waals surface area (Å²) in [7, 11) is 0. The number of aromatic nitrogens is 2. The molecule has 2 aliphatic rings. The number of nitrogens with one attached hydrogen (secondary N) is 1. The Balaban J connectivity index is 1.26. The first kappa shape index (κ1) is 44.2. The van der Waals surface area contributed by atoms with Crippen molar-refractivity contribution >= 4 is 57.9 Å². The second-order valence-corrected chi connectivity index (χ2v) is 13.8. The van der Waals surface area contributed by atoms with Gasteiger partial charge in [0.25, 0.3) is 0 Å². The minimum atomic E-state index is -1.33. The van der Waals surface area contributed by atoms with E-state index in [1.165, 1.54) is 25.4 Å². The maximum Gasteiger partial charge on any atom is 0.303 e. The Morgan fingerprint density at radius 2 is 1.48 bits per heavy atom. The molecule has 0 amide bonds. The zero-order valence-corrected chi connectivity index (χ0v) is 33.5. The van der Waals surface area contributed by atoms with E-state index < -0.39 is 60.4 Å². The highest BCUT2D eigenvalue weighted by Crippen LogP contribution is 2.36. The lowest BCUT2D eigenvalue weighted by atomic mass is 9.98. The van der Waals surface area contributed by atoms with Crippen LogP contribution in [0, 0.1) is 5.82 Å². The summed E-state index contributed by atoms with van der Waals surface area (Å²) in [6.45, 7) is 8.97. The summed E-state index contributed by atoms with van der Waals surface area (Å²) in [5, 5.41) is 3.78. The maximum atomic E-state index is 13.8. The number of unbranched alkanes of at least 4 members (excludes halogenated alkanes) is 1. The summed E-state index contributed by atoms with van der Waals surface area (Å²) in [5.41, 5.74) is 1.10. The van der Waals surface area contributed by atoms with Gasteiger partial charge in [-0.1, -0.05) is 11.6 Å². The molecule has 3 aromatic rings. The van der Waals surface area contributed by atoms with Crippen LogP contribution in [0.25, 0.3) is 10.9 Å². The largest absolute Gasteiger partial charge is 0.490 e. The van der Waals surface area contributed by atoms with E-state index in [4.69, 9.17) is 54.2 Å². The van der Waals surface area contributed by atoms with E-state index in [1.807, 2.05) is 0 Å². The standard InChI is InChI=1S/C39H48ClFN4O13/c1-23(46)54-21-34-35(55-24(2)47)36(56-25(3)48)37(57-26(4)49)39(58-34)53-14-6-5-13-51-33-20-31-28(19-32(33)52-15-7-10-45-11-16-50-17-12-45)38(43-22-42-31)44-27-8-9-30(41)29(40)18-27/h8-9,18-20,22,34-37,39H,5-7,10-17,21H2,1-4H3,(H,42,43,44)/t34-,35-,36+,37-,39?/m1/s1. The average molecular weight is 835 g/mol. The Morgan fingerprint density at radius 3 is 2.17 bits per heavy atom. The number of anilines is 2. The van der Waals surface area contributed by atoms with E-state index >= 15 is 0 Å². The van der Waals surface area contributed by atoms with Crippen LogP contribution in [0.2, 0.25) is 5.02 Å². The third-order valence-corrected chi connectivity index (χ3v) is 9.18. The van der Waals surface area contributed by atoms with E-state index in [0.717, 1.165) is 46.8 Å². The molecule has 0 spiro atoms. The summed E-state index contributed by atoms with van der Waals surface area (Å²) in [6, 6.07) is 7.82. The number of carbonyl (C=O) groups excluding carboxylic acids is 4. The molecule has 17 nitrogen and oxygen atoms in total. The smallest absolute Gasteiger partial charge is 0.303 e. The molecule has 2 aliphatic heterocycles. The summed E-state index contributed by atoms with van der Waals surface area (Å²) < 4.78 is 65.3. The molecule has 5 atom stereocenters. The molecular weight excluding hydrogens is 787 g/mol. The van der Waals surface area contributed by atoms with Crippen LogP contribution in [0.3, 0.4) is 0 Å². The second-order valence-electron chi connectivity index (χ2n) is 13.4. The fourth-order valence-electron chi connectivity index (χ4n) is 6.30. The molecule has 0 radical (unpaired) electrons. The minimum absolute atomic E-state index is 0.0354. The zero-order valence-electron chi connectivity index (χ0n) is 32.7. The molecule has 0 aliphatic carbocycles. The van der Waals surface area contributed by atoms with E-state index in [-0.39, 0.29) is 24.8 Å². The lowest BCUT2D eigenvalue weighted by molar-refractivity contribution is -0.308. The van der Waals surface area contributed by atoms with Crippen LogP contribution in [-0.2, 0) is 52.3 Å². The van der Waals surface area contributed by atoms with Gasteiger partial charge in [0, 0.05) is 64.5 Å². The van der Waals surface area contributed by atoms with Crippen molar-refractivity contribution in [2.75, 3.05) is 64.6 Å². The number of ether oxygens (including phenoxy) is 9. The number of carbonyl (C=O) groups is 4. The SMILES string of the molecule is CC(=O)OC[C@H]1OC(OCCCCOc2cc3ncnc(Nc4ccc(F)c(Cl)c4)c3cc2OCCCN2CCOCC2)[C@H](OC(C)=O)[C@@H](OC(C)=O)[C@@H]1OC(C)=O. The van der Waals surface area contributed by atoms with Crippen LogP contribution in [0.1, 0.15) is 47.0 Å². The fourth-order valence-corrected chi connectivity index (χ4v) is 6.48. The topological polar surface area (TPSA) is 192 Å². The molecule has 2 saturated heterocycles. The van der Waals surface area contributed by atoms with Crippen molar-refractivity contribution in [3.05, 3.63) is 47.5 Å². The average Bonchev–Trinajstić information content (AvgIpc) is 3.17. The molecule has 2 fully saturated rings. The minimum Gasteiger partial charge on any atom is -0.490 e. The summed E-state index contributed by atoms with van der Waals surface area (Å²) in [6.07, 6.45) is -3.26. The van der Waals surface area contributed by atoms with Crippen molar-refractivity contribution in [1.29, 1.82) is 0 Å². The highest BCUT2D eigenvalue weighted by Gasteiger charge is 2.52. The zero-order chi connectivity index (χ0) is 41.6. The van der Waals surface area contributed by atoms with Gasteiger partial charge in [0.05, 0.1) is 43.6 Å². The van der Waals surface area contributed by atoms with Gasteiger partial charge in [0.1, 0.15) is 30.7 Å². The first-order valence-electron chi connectivity index (χ1n) is 18.9. The van der Waals surface area contributed by atoms with Gasteiger partial charge in [-0.05, 0) is 43.5 Å². The van der Waals surface area contributed by atoms with Crippen LogP contribution >= 0.6 is 11.6 Å². The molecule has 316 valence electrons. The number of benzene rings is 2. The fraction of sp³-hybridized carbons (Fsp3) is 0.538. The van der Waals surface area contributed by atoms with Gasteiger partial charge in [0.15, 0.2) is 36.1 Å². The van der Waals surface area contributed by atoms with Crippen LogP contribution in [0.15, 0.2) is 36.7 Å². The molecule has 5 rings (SSSR count). The third kappa shape index (κ3) is 13.1. The van der Waals surface area contributed by atoms with Crippen LogP contribution < -0.4 is 14.8 Å². The number of fused-ring (bicyclic) bond motifs is 1. The van der Waals surface area contributed by atoms with Crippen molar-refractivity contribution in [2.24, 2.45) is 0 Å². The lowest BCUT2D eigenvalue weighted by Gasteiger charge is -2.44. The summed E-state index contributed by atoms with van der Waals surface area (Å²) in [5.74, 6) is -1.98. The molecule has 3 heterocycles. The van der Waals surface area contributed by atoms with Gasteiger partial charge in [-0.15, -0.1) is 0 Å². The number of rotatable bonds is 19. The van der Waals surface area contributed by atoms with Gasteiger partial charge in [-0.2, -0.15) is 0 Å². The van der Waals surface area contributed by atoms with Crippen LogP contribution in [0.5, 0.6) is 11.5 Å². The number of hydrogen-bond donors (Lipinski definition) is 1. The van der Waals surface area contributed by atoms with Crippen molar-refractivity contribution in [1.82, 2.24) is 14.9 Å². The number of esters is 4. The number of halogens is 2. The molecule has 1 aromatic heterocycles. The van der Waals surface area contributed by atoms with E-state index in [0.29, 0.717) is 66.6 Å². The molecule has 58 heavy (non-hydrogen) atoms. The maximum absolute atomic E-state index is 13.8. The highest BCUT2D eigenvalue weighted by molar-refractivity contribution is 6.31. The van der Waals surface area contributed by atoms with Gasteiger partial charge >= 0.3 is 23.9 Å². The van der Waals surface area contributed by atoms with E-state index in [1.54, 1.807) is 18.2 Å². The van der Waals surface area contributed by atoms with E-state index in [9.17, 15) is 23.6 Å². The number of hydrogen-bond acceptors (Lipinski definition) is 17. The normalized spacial score (nSPS) is 20.8. The van der Waals surface area contributed by atoms with Gasteiger partial charge < -0.3 is 47.9 Å². The van der Waals surface area contributed by atoms with Crippen molar-refractivity contribution in [2.45, 2.75) is 77.7 Å². The quantitative estimate of drug-likeness (QED) is 0.101. The van der Waals surface area contributed by atoms with Gasteiger partial charge in [-0.3, -0.25) is 24.1 Å². The predicted octanol–water partition coefficient (Wildman–Crippen LogP) is 4.53. The molecular formula is C39H48ClFN4O13. The summed E-state index contributed by atoms with van der Waals surface area (Å²) in [4.78, 5) is 59.1. The van der Waals surface area contributed by atoms with E-state index in [2.05, 4.69) is 20.2 Å².